The van der Waals surface area contributed by atoms with Gasteiger partial charge in [-0.2, -0.15) is 0 Å². The van der Waals surface area contributed by atoms with Crippen LogP contribution in [0.2, 0.25) is 0 Å². The van der Waals surface area contributed by atoms with Crippen LogP contribution in [-0.2, 0) is 28.5 Å². The Morgan fingerprint density at radius 2 is 1.80 bits per heavy atom. The monoisotopic (exact) mass is 574 g/mol. The van der Waals surface area contributed by atoms with Crippen molar-refractivity contribution >= 4 is 12.0 Å². The summed E-state index contributed by atoms with van der Waals surface area (Å²) in [6, 6.07) is 3.57. The van der Waals surface area contributed by atoms with E-state index in [2.05, 4.69) is 26.8 Å². The highest BCUT2D eigenvalue weighted by Gasteiger charge is 2.72. The van der Waals surface area contributed by atoms with E-state index in [9.17, 15) is 4.79 Å². The van der Waals surface area contributed by atoms with Crippen LogP contribution >= 0.6 is 0 Å². The zero-order valence-electron chi connectivity index (χ0n) is 25.7. The van der Waals surface area contributed by atoms with Crippen LogP contribution in [0.5, 0.6) is 17.2 Å². The zero-order chi connectivity index (χ0) is 29.8. The van der Waals surface area contributed by atoms with Gasteiger partial charge in [0.2, 0.25) is 5.75 Å². The number of methoxy groups -OCH3 is 3. The molecule has 2 saturated heterocycles. The van der Waals surface area contributed by atoms with E-state index >= 15 is 0 Å². The van der Waals surface area contributed by atoms with Crippen molar-refractivity contribution in [3.63, 3.8) is 0 Å². The largest absolute Gasteiger partial charge is 0.493 e. The SMILES string of the molecule is COc1cc(/C=C/C(=O)O[C@@H]2CC[C@]3(CO3)[C@@H](C3(C)O[C@H]3CC=C(C)C)[C@@H]2OC)cc(OC)c1OCCOC(C)C. The quantitative estimate of drug-likeness (QED) is 0.0983. The fourth-order valence-corrected chi connectivity index (χ4v) is 5.99. The lowest BCUT2D eigenvalue weighted by atomic mass is 9.68. The minimum atomic E-state index is -0.449. The number of ether oxygens (including phenoxy) is 8. The van der Waals surface area contributed by atoms with Crippen molar-refractivity contribution < 1.29 is 42.7 Å². The lowest BCUT2D eigenvalue weighted by molar-refractivity contribution is -0.166. The van der Waals surface area contributed by atoms with Crippen molar-refractivity contribution in [2.75, 3.05) is 41.2 Å². The van der Waals surface area contributed by atoms with E-state index in [1.54, 1.807) is 39.5 Å². The fraction of sp³-hybridized carbons (Fsp3) is 0.656. The third kappa shape index (κ3) is 7.25. The summed E-state index contributed by atoms with van der Waals surface area (Å²) in [5.74, 6) is 0.986. The Balaban J connectivity index is 1.43. The predicted octanol–water partition coefficient (Wildman–Crippen LogP) is 5.14. The van der Waals surface area contributed by atoms with Crippen molar-refractivity contribution in [3.8, 4) is 17.2 Å². The molecule has 41 heavy (non-hydrogen) atoms. The van der Waals surface area contributed by atoms with Gasteiger partial charge in [0.05, 0.1) is 45.6 Å². The molecule has 0 amide bonds. The average Bonchev–Trinajstić information content (AvgIpc) is 3.86. The van der Waals surface area contributed by atoms with Gasteiger partial charge >= 0.3 is 5.97 Å². The number of esters is 1. The lowest BCUT2D eigenvalue weighted by Gasteiger charge is -2.42. The van der Waals surface area contributed by atoms with Crippen LogP contribution in [0.1, 0.15) is 59.4 Å². The van der Waals surface area contributed by atoms with E-state index in [0.717, 1.165) is 12.8 Å². The summed E-state index contributed by atoms with van der Waals surface area (Å²) >= 11 is 0. The Hall–Kier alpha value is -2.59. The first-order valence-corrected chi connectivity index (χ1v) is 14.4. The Morgan fingerprint density at radius 3 is 2.37 bits per heavy atom. The molecule has 6 atom stereocenters. The van der Waals surface area contributed by atoms with Crippen LogP contribution in [0.3, 0.4) is 0 Å². The van der Waals surface area contributed by atoms with Gasteiger partial charge in [-0.15, -0.1) is 0 Å². The normalized spacial score (nSPS) is 30.4. The Kier molecular flexibility index (Phi) is 10.1. The highest BCUT2D eigenvalue weighted by atomic mass is 16.6. The highest BCUT2D eigenvalue weighted by Crippen LogP contribution is 2.59. The van der Waals surface area contributed by atoms with Gasteiger partial charge in [0.25, 0.3) is 0 Å². The van der Waals surface area contributed by atoms with Gasteiger partial charge in [0, 0.05) is 13.2 Å². The molecule has 9 heteroatoms. The molecule has 1 unspecified atom stereocenters. The molecular weight excluding hydrogens is 528 g/mol. The minimum absolute atomic E-state index is 0.0295. The van der Waals surface area contributed by atoms with Gasteiger partial charge < -0.3 is 37.9 Å². The van der Waals surface area contributed by atoms with Gasteiger partial charge in [0.15, 0.2) is 11.5 Å². The van der Waals surface area contributed by atoms with Gasteiger partial charge in [-0.25, -0.2) is 4.79 Å². The lowest BCUT2D eigenvalue weighted by Crippen LogP contribution is -2.55. The van der Waals surface area contributed by atoms with E-state index in [-0.39, 0.29) is 35.4 Å². The molecule has 3 aliphatic rings. The first kappa shape index (κ1) is 31.3. The zero-order valence-corrected chi connectivity index (χ0v) is 25.7. The Morgan fingerprint density at radius 1 is 1.12 bits per heavy atom. The summed E-state index contributed by atoms with van der Waals surface area (Å²) in [5.41, 5.74) is 1.31. The molecule has 0 N–H and O–H groups in total. The van der Waals surface area contributed by atoms with Gasteiger partial charge in [0.1, 0.15) is 30.0 Å². The molecule has 2 heterocycles. The smallest absolute Gasteiger partial charge is 0.331 e. The van der Waals surface area contributed by atoms with Crippen LogP contribution in [0.4, 0.5) is 0 Å². The second-order valence-electron chi connectivity index (χ2n) is 11.7. The summed E-state index contributed by atoms with van der Waals surface area (Å²) in [6.45, 7) is 11.7. The summed E-state index contributed by atoms with van der Waals surface area (Å²) < 4.78 is 46.7. The third-order valence-electron chi connectivity index (χ3n) is 8.18. The molecule has 9 nitrogen and oxygen atoms in total. The molecule has 1 aliphatic carbocycles. The number of hydrogen-bond donors (Lipinski definition) is 0. The molecule has 0 aromatic heterocycles. The molecule has 1 aromatic carbocycles. The third-order valence-corrected chi connectivity index (χ3v) is 8.18. The van der Waals surface area contributed by atoms with E-state index < -0.39 is 12.1 Å². The summed E-state index contributed by atoms with van der Waals surface area (Å²) in [5, 5.41) is 0. The number of epoxide rings is 2. The second-order valence-corrected chi connectivity index (χ2v) is 11.7. The highest BCUT2D eigenvalue weighted by molar-refractivity contribution is 5.87. The van der Waals surface area contributed by atoms with Gasteiger partial charge in [-0.1, -0.05) is 11.6 Å². The molecule has 4 rings (SSSR count). The van der Waals surface area contributed by atoms with Gasteiger partial charge in [-0.3, -0.25) is 0 Å². The Bertz CT molecular complexity index is 1090. The maximum absolute atomic E-state index is 13.0. The number of rotatable bonds is 14. The Labute approximate surface area is 244 Å². The van der Waals surface area contributed by atoms with Crippen molar-refractivity contribution in [2.24, 2.45) is 5.92 Å². The molecule has 1 saturated carbocycles. The summed E-state index contributed by atoms with van der Waals surface area (Å²) in [7, 11) is 4.79. The molecule has 0 radical (unpaired) electrons. The first-order chi connectivity index (χ1) is 19.6. The van der Waals surface area contributed by atoms with Crippen molar-refractivity contribution in [1.29, 1.82) is 0 Å². The number of carbonyl (C=O) groups excluding carboxylic acids is 1. The summed E-state index contributed by atoms with van der Waals surface area (Å²) in [4.78, 5) is 13.0. The molecule has 0 bridgehead atoms. The van der Waals surface area contributed by atoms with Crippen molar-refractivity contribution in [1.82, 2.24) is 0 Å². The second kappa shape index (κ2) is 13.2. The standard InChI is InChI=1S/C32H46O9/c1-20(2)9-11-26-31(5,41-26)30-29(36-8)23(13-14-32(30)19-39-32)40-27(33)12-10-22-17-24(34-6)28(25(18-22)35-7)38-16-15-37-21(3)4/h9-10,12,17-18,21,23,26,29-30H,11,13-16,19H2,1-8H3/b12-10+/t23-,26+,29-,30-,31?,32+/m1/s1. The van der Waals surface area contributed by atoms with Gasteiger partial charge in [-0.05, 0) is 77.7 Å². The maximum atomic E-state index is 13.0. The summed E-state index contributed by atoms with van der Waals surface area (Å²) in [6.07, 6.45) is 7.07. The molecule has 2 aliphatic heterocycles. The van der Waals surface area contributed by atoms with Crippen molar-refractivity contribution in [3.05, 3.63) is 35.4 Å². The molecule has 1 aromatic rings. The molecule has 3 fully saturated rings. The van der Waals surface area contributed by atoms with Crippen LogP contribution in [0.15, 0.2) is 29.9 Å². The molecular formula is C32H46O9. The van der Waals surface area contributed by atoms with E-state index in [1.165, 1.54) is 11.6 Å². The van der Waals surface area contributed by atoms with Crippen LogP contribution in [0.25, 0.3) is 6.08 Å². The van der Waals surface area contributed by atoms with E-state index in [0.29, 0.717) is 49.1 Å². The van der Waals surface area contributed by atoms with Crippen LogP contribution < -0.4 is 14.2 Å². The number of hydrogen-bond acceptors (Lipinski definition) is 9. The minimum Gasteiger partial charge on any atom is -0.493 e. The molecule has 228 valence electrons. The van der Waals surface area contributed by atoms with Crippen LogP contribution in [-0.4, -0.2) is 82.7 Å². The number of allylic oxidation sites excluding steroid dienone is 1. The van der Waals surface area contributed by atoms with E-state index in [4.69, 9.17) is 37.9 Å². The topological polar surface area (TPSA) is 97.5 Å². The predicted molar refractivity (Wildman–Crippen MR) is 155 cm³/mol. The molecule has 1 spiro atoms. The van der Waals surface area contributed by atoms with Crippen molar-refractivity contribution in [2.45, 2.75) is 89.5 Å². The fourth-order valence-electron chi connectivity index (χ4n) is 5.99. The van der Waals surface area contributed by atoms with E-state index in [1.807, 2.05) is 13.8 Å². The number of benzene rings is 1. The number of carbonyl (C=O) groups is 1. The maximum Gasteiger partial charge on any atom is 0.331 e. The average molecular weight is 575 g/mol. The first-order valence-electron chi connectivity index (χ1n) is 14.4. The van der Waals surface area contributed by atoms with Crippen LogP contribution in [0, 0.1) is 5.92 Å².